The van der Waals surface area contributed by atoms with E-state index in [-0.39, 0.29) is 18.2 Å². The van der Waals surface area contributed by atoms with Gasteiger partial charge in [0, 0.05) is 12.2 Å². The van der Waals surface area contributed by atoms with Crippen molar-refractivity contribution in [2.24, 2.45) is 5.92 Å². The van der Waals surface area contributed by atoms with Gasteiger partial charge in [-0.3, -0.25) is 0 Å². The van der Waals surface area contributed by atoms with Crippen LogP contribution in [0.2, 0.25) is 0 Å². The predicted octanol–water partition coefficient (Wildman–Crippen LogP) is 3.52. The predicted molar refractivity (Wildman–Crippen MR) is 65.4 cm³/mol. The van der Waals surface area contributed by atoms with Gasteiger partial charge in [0.15, 0.2) is 0 Å². The van der Waals surface area contributed by atoms with Gasteiger partial charge < -0.3 is 10.4 Å². The first-order chi connectivity index (χ1) is 8.14. The number of alkyl halides is 3. The van der Waals surface area contributed by atoms with Gasteiger partial charge in [0.25, 0.3) is 0 Å². The van der Waals surface area contributed by atoms with Crippen molar-refractivity contribution in [3.63, 3.8) is 0 Å². The van der Waals surface area contributed by atoms with Gasteiger partial charge in [-0.15, -0.1) is 0 Å². The van der Waals surface area contributed by atoms with Crippen LogP contribution in [0.25, 0.3) is 0 Å². The highest BCUT2D eigenvalue weighted by atomic mass is 19.4. The zero-order valence-corrected chi connectivity index (χ0v) is 10.7. The molecule has 5 heteroatoms. The average molecular weight is 261 g/mol. The molecule has 102 valence electrons. The molecule has 0 bridgehead atoms. The first-order valence-corrected chi connectivity index (χ1v) is 5.77. The average Bonchev–Trinajstić information content (AvgIpc) is 2.25. The van der Waals surface area contributed by atoms with Crippen molar-refractivity contribution in [2.45, 2.75) is 32.5 Å². The molecule has 0 aliphatic rings. The molecule has 0 saturated heterocycles. The zero-order valence-electron chi connectivity index (χ0n) is 10.7. The van der Waals surface area contributed by atoms with Crippen molar-refractivity contribution in [3.8, 4) is 0 Å². The summed E-state index contributed by atoms with van der Waals surface area (Å²) in [5.74, 6) is -0.0527. The number of benzene rings is 1. The van der Waals surface area contributed by atoms with E-state index in [1.165, 1.54) is 18.2 Å². The van der Waals surface area contributed by atoms with Gasteiger partial charge in [0.2, 0.25) is 0 Å². The molecule has 18 heavy (non-hydrogen) atoms. The molecule has 0 aromatic heterocycles. The van der Waals surface area contributed by atoms with Gasteiger partial charge >= 0.3 is 6.18 Å². The zero-order chi connectivity index (χ0) is 14.0. The summed E-state index contributed by atoms with van der Waals surface area (Å²) in [7, 11) is 0. The van der Waals surface area contributed by atoms with Crippen LogP contribution in [0.4, 0.5) is 18.9 Å². The molecule has 2 nitrogen and oxygen atoms in total. The largest absolute Gasteiger partial charge is 0.418 e. The van der Waals surface area contributed by atoms with E-state index >= 15 is 0 Å². The maximum Gasteiger partial charge on any atom is 0.418 e. The molecule has 0 spiro atoms. The Morgan fingerprint density at radius 1 is 1.22 bits per heavy atom. The van der Waals surface area contributed by atoms with Gasteiger partial charge in [0.1, 0.15) is 0 Å². The third-order valence-electron chi connectivity index (χ3n) is 3.11. The Bertz CT molecular complexity index is 399. The quantitative estimate of drug-likeness (QED) is 0.869. The maximum absolute atomic E-state index is 12.7. The Hall–Kier alpha value is -1.23. The first kappa shape index (κ1) is 14.8. The molecule has 1 unspecified atom stereocenters. The number of para-hydroxylation sites is 1. The Morgan fingerprint density at radius 3 is 2.28 bits per heavy atom. The smallest absolute Gasteiger partial charge is 0.388 e. The van der Waals surface area contributed by atoms with Crippen LogP contribution in [0.5, 0.6) is 0 Å². The summed E-state index contributed by atoms with van der Waals surface area (Å²) < 4.78 is 38.2. The summed E-state index contributed by atoms with van der Waals surface area (Å²) in [6.45, 7) is 5.30. The molecule has 2 N–H and O–H groups in total. The molecule has 1 atom stereocenters. The molecule has 1 aromatic rings. The normalized spacial score (nSPS) is 15.6. The van der Waals surface area contributed by atoms with Crippen molar-refractivity contribution < 1.29 is 18.3 Å². The molecule has 0 fully saturated rings. The van der Waals surface area contributed by atoms with E-state index in [1.54, 1.807) is 6.92 Å². The Morgan fingerprint density at radius 2 is 1.78 bits per heavy atom. The van der Waals surface area contributed by atoms with Crippen LogP contribution >= 0.6 is 0 Å². The standard InChI is InChI=1S/C13H18F3NO/c1-9(2)12(3,18)8-17-11-7-5-4-6-10(11)13(14,15)16/h4-7,9,17-18H,8H2,1-3H3. The second-order valence-electron chi connectivity index (χ2n) is 4.91. The molecule has 0 aliphatic carbocycles. The third-order valence-corrected chi connectivity index (χ3v) is 3.11. The highest BCUT2D eigenvalue weighted by Gasteiger charge is 2.34. The van der Waals surface area contributed by atoms with Gasteiger partial charge in [-0.1, -0.05) is 26.0 Å². The molecule has 0 aliphatic heterocycles. The molecule has 1 rings (SSSR count). The molecule has 0 saturated carbocycles. The molecule has 0 heterocycles. The van der Waals surface area contributed by atoms with Crippen LogP contribution < -0.4 is 5.32 Å². The Kier molecular flexibility index (Phi) is 4.27. The lowest BCUT2D eigenvalue weighted by Gasteiger charge is -2.29. The number of hydrogen-bond acceptors (Lipinski definition) is 2. The van der Waals surface area contributed by atoms with Crippen molar-refractivity contribution in [3.05, 3.63) is 29.8 Å². The van der Waals surface area contributed by atoms with Crippen LogP contribution in [0.15, 0.2) is 24.3 Å². The van der Waals surface area contributed by atoms with Crippen LogP contribution in [-0.4, -0.2) is 17.3 Å². The van der Waals surface area contributed by atoms with Crippen LogP contribution in [0.1, 0.15) is 26.3 Å². The lowest BCUT2D eigenvalue weighted by Crippen LogP contribution is -2.39. The Labute approximate surface area is 105 Å². The number of anilines is 1. The van der Waals surface area contributed by atoms with E-state index < -0.39 is 17.3 Å². The van der Waals surface area contributed by atoms with Crippen LogP contribution in [0, 0.1) is 5.92 Å². The van der Waals surface area contributed by atoms with E-state index in [0.29, 0.717) is 0 Å². The molecule has 0 radical (unpaired) electrons. The number of halogens is 3. The SMILES string of the molecule is CC(C)C(C)(O)CNc1ccccc1C(F)(F)F. The third kappa shape index (κ3) is 3.63. The summed E-state index contributed by atoms with van der Waals surface area (Å²) in [4.78, 5) is 0. The van der Waals surface area contributed by atoms with Crippen molar-refractivity contribution >= 4 is 5.69 Å². The van der Waals surface area contributed by atoms with Crippen LogP contribution in [0.3, 0.4) is 0 Å². The summed E-state index contributed by atoms with van der Waals surface area (Å²) in [6, 6.07) is 5.25. The minimum Gasteiger partial charge on any atom is -0.388 e. The fraction of sp³-hybridized carbons (Fsp3) is 0.538. The summed E-state index contributed by atoms with van der Waals surface area (Å²) in [6.07, 6.45) is -4.40. The van der Waals surface area contributed by atoms with E-state index in [0.717, 1.165) is 6.07 Å². The summed E-state index contributed by atoms with van der Waals surface area (Å²) in [5, 5.41) is 12.7. The van der Waals surface area contributed by atoms with Crippen LogP contribution in [-0.2, 0) is 6.18 Å². The number of nitrogens with one attached hydrogen (secondary N) is 1. The monoisotopic (exact) mass is 261 g/mol. The van der Waals surface area contributed by atoms with Crippen molar-refractivity contribution in [1.29, 1.82) is 0 Å². The van der Waals surface area contributed by atoms with Gasteiger partial charge in [0.05, 0.1) is 11.2 Å². The van der Waals surface area contributed by atoms with E-state index in [1.807, 2.05) is 13.8 Å². The summed E-state index contributed by atoms with van der Waals surface area (Å²) in [5.41, 5.74) is -1.78. The molecule has 1 aromatic carbocycles. The van der Waals surface area contributed by atoms with Gasteiger partial charge in [-0.2, -0.15) is 13.2 Å². The maximum atomic E-state index is 12.7. The summed E-state index contributed by atoms with van der Waals surface area (Å²) >= 11 is 0. The van der Waals surface area contributed by atoms with E-state index in [9.17, 15) is 18.3 Å². The highest BCUT2D eigenvalue weighted by Crippen LogP contribution is 2.34. The van der Waals surface area contributed by atoms with Gasteiger partial charge in [-0.25, -0.2) is 0 Å². The number of rotatable bonds is 4. The van der Waals surface area contributed by atoms with E-state index in [2.05, 4.69) is 5.32 Å². The minimum absolute atomic E-state index is 0.00840. The molecular weight excluding hydrogens is 243 g/mol. The number of hydrogen-bond donors (Lipinski definition) is 2. The highest BCUT2D eigenvalue weighted by molar-refractivity contribution is 5.52. The topological polar surface area (TPSA) is 32.3 Å². The fourth-order valence-electron chi connectivity index (χ4n) is 1.36. The van der Waals surface area contributed by atoms with E-state index in [4.69, 9.17) is 0 Å². The molecule has 0 amide bonds. The second kappa shape index (κ2) is 5.18. The molecular formula is C13H18F3NO. The number of aliphatic hydroxyl groups is 1. The lowest BCUT2D eigenvalue weighted by molar-refractivity contribution is -0.137. The van der Waals surface area contributed by atoms with Crippen molar-refractivity contribution in [1.82, 2.24) is 0 Å². The lowest BCUT2D eigenvalue weighted by atomic mass is 9.92. The van der Waals surface area contributed by atoms with Crippen molar-refractivity contribution in [2.75, 3.05) is 11.9 Å². The fourth-order valence-corrected chi connectivity index (χ4v) is 1.36. The first-order valence-electron chi connectivity index (χ1n) is 5.77. The van der Waals surface area contributed by atoms with Gasteiger partial charge in [-0.05, 0) is 25.0 Å². The second-order valence-corrected chi connectivity index (χ2v) is 4.91. The Balaban J connectivity index is 2.86. The minimum atomic E-state index is -4.40.